The molecule has 0 aliphatic carbocycles. The summed E-state index contributed by atoms with van der Waals surface area (Å²) in [6.07, 6.45) is 0. The van der Waals surface area contributed by atoms with E-state index in [-0.39, 0.29) is 22.5 Å². The monoisotopic (exact) mass is 299 g/mol. The van der Waals surface area contributed by atoms with Crippen molar-refractivity contribution in [3.8, 4) is 5.75 Å². The summed E-state index contributed by atoms with van der Waals surface area (Å²) in [7, 11) is 0. The molecule has 2 rings (SSSR count). The van der Waals surface area contributed by atoms with E-state index in [0.29, 0.717) is 11.4 Å². The molecule has 8 heteroatoms. The number of ether oxygens (including phenoxy) is 1. The van der Waals surface area contributed by atoms with Crippen LogP contribution in [0.15, 0.2) is 30.3 Å². The van der Waals surface area contributed by atoms with Crippen molar-refractivity contribution in [2.24, 2.45) is 0 Å². The molecule has 0 atom stereocenters. The number of nitrogens with zero attached hydrogens (tertiary/aromatic N) is 3. The average molecular weight is 300 g/mol. The van der Waals surface area contributed by atoms with Crippen molar-refractivity contribution in [3.63, 3.8) is 0 Å². The first-order valence-corrected chi connectivity index (χ1v) is 5.86. The fourth-order valence-electron chi connectivity index (χ4n) is 1.29. The van der Waals surface area contributed by atoms with Crippen LogP contribution in [0.3, 0.4) is 0 Å². The van der Waals surface area contributed by atoms with Crippen molar-refractivity contribution in [2.75, 3.05) is 0 Å². The summed E-state index contributed by atoms with van der Waals surface area (Å²) in [5.41, 5.74) is 0.474. The second-order valence-electron chi connectivity index (χ2n) is 3.51. The molecule has 0 fully saturated rings. The Labute approximate surface area is 118 Å². The molecule has 0 amide bonds. The molecule has 0 aliphatic heterocycles. The first-order chi connectivity index (χ1) is 9.06. The number of nitro benzene ring substituents is 1. The molecule has 0 radical (unpaired) electrons. The van der Waals surface area contributed by atoms with E-state index in [1.807, 2.05) is 0 Å². The van der Waals surface area contributed by atoms with E-state index in [0.717, 1.165) is 0 Å². The molecule has 0 saturated carbocycles. The van der Waals surface area contributed by atoms with Crippen molar-refractivity contribution in [3.05, 3.63) is 56.3 Å². The summed E-state index contributed by atoms with van der Waals surface area (Å²) < 4.78 is 5.40. The minimum absolute atomic E-state index is 0.0939. The van der Waals surface area contributed by atoms with Gasteiger partial charge in [-0.15, -0.1) is 5.10 Å². The van der Waals surface area contributed by atoms with Crippen LogP contribution < -0.4 is 4.74 Å². The summed E-state index contributed by atoms with van der Waals surface area (Å²) >= 11 is 11.5. The minimum Gasteiger partial charge on any atom is -0.486 e. The first kappa shape index (κ1) is 13.5. The van der Waals surface area contributed by atoms with Crippen molar-refractivity contribution in [2.45, 2.75) is 6.61 Å². The van der Waals surface area contributed by atoms with Crippen LogP contribution in [-0.2, 0) is 6.61 Å². The largest absolute Gasteiger partial charge is 0.486 e. The zero-order valence-electron chi connectivity index (χ0n) is 9.42. The maximum absolute atomic E-state index is 10.6. The molecule has 0 aliphatic rings. The maximum Gasteiger partial charge on any atom is 0.271 e. The Morgan fingerprint density at radius 2 is 2.00 bits per heavy atom. The summed E-state index contributed by atoms with van der Waals surface area (Å²) in [5, 5.41) is 18.5. The molecule has 98 valence electrons. The Hall–Kier alpha value is -1.92. The normalized spacial score (nSPS) is 10.2. The van der Waals surface area contributed by atoms with Gasteiger partial charge < -0.3 is 4.74 Å². The molecule has 2 aromatic rings. The van der Waals surface area contributed by atoms with Gasteiger partial charge in [-0.2, -0.15) is 5.10 Å². The molecule has 1 aromatic heterocycles. The predicted octanol–water partition coefficient (Wildman–Crippen LogP) is 3.27. The Morgan fingerprint density at radius 3 is 2.58 bits per heavy atom. The average Bonchev–Trinajstić information content (AvgIpc) is 2.39. The Bertz CT molecular complexity index is 605. The van der Waals surface area contributed by atoms with Crippen molar-refractivity contribution < 1.29 is 9.66 Å². The summed E-state index contributed by atoms with van der Waals surface area (Å²) in [6, 6.07) is 7.22. The van der Waals surface area contributed by atoms with Gasteiger partial charge in [-0.1, -0.05) is 23.2 Å². The van der Waals surface area contributed by atoms with Gasteiger partial charge in [0.1, 0.15) is 18.1 Å². The lowest BCUT2D eigenvalue weighted by Crippen LogP contribution is -2.00. The van der Waals surface area contributed by atoms with E-state index >= 15 is 0 Å². The van der Waals surface area contributed by atoms with Crippen LogP contribution in [0.5, 0.6) is 5.75 Å². The van der Waals surface area contributed by atoms with E-state index in [2.05, 4.69) is 10.2 Å². The number of rotatable bonds is 4. The third-order valence-electron chi connectivity index (χ3n) is 2.19. The molecule has 1 aromatic carbocycles. The minimum atomic E-state index is -0.527. The second-order valence-corrected chi connectivity index (χ2v) is 4.30. The summed E-state index contributed by atoms with van der Waals surface area (Å²) in [5.74, 6) is 0.337. The quantitative estimate of drug-likeness (QED) is 0.639. The van der Waals surface area contributed by atoms with Crippen LogP contribution in [0, 0.1) is 10.1 Å². The van der Waals surface area contributed by atoms with E-state index < -0.39 is 4.92 Å². The molecule has 6 nitrogen and oxygen atoms in total. The van der Waals surface area contributed by atoms with Crippen LogP contribution in [0.2, 0.25) is 10.2 Å². The number of nitro groups is 1. The lowest BCUT2D eigenvalue weighted by molar-refractivity contribution is -0.384. The van der Waals surface area contributed by atoms with E-state index in [1.54, 1.807) is 12.1 Å². The smallest absolute Gasteiger partial charge is 0.271 e. The van der Waals surface area contributed by atoms with Gasteiger partial charge in [0, 0.05) is 12.1 Å². The number of halogens is 2. The first-order valence-electron chi connectivity index (χ1n) is 5.11. The number of benzene rings is 1. The van der Waals surface area contributed by atoms with Gasteiger partial charge in [0.2, 0.25) is 0 Å². The number of hydrogen-bond donors (Lipinski definition) is 0. The molecule has 0 saturated heterocycles. The zero-order chi connectivity index (χ0) is 13.8. The van der Waals surface area contributed by atoms with E-state index in [4.69, 9.17) is 27.9 Å². The molecule has 0 bridgehead atoms. The molecule has 1 heterocycles. The molecule has 19 heavy (non-hydrogen) atoms. The highest BCUT2D eigenvalue weighted by atomic mass is 35.5. The van der Waals surface area contributed by atoms with Crippen molar-refractivity contribution in [1.29, 1.82) is 0 Å². The van der Waals surface area contributed by atoms with Gasteiger partial charge in [0.15, 0.2) is 5.15 Å². The zero-order valence-corrected chi connectivity index (χ0v) is 10.9. The highest BCUT2D eigenvalue weighted by Gasteiger charge is 2.10. The van der Waals surface area contributed by atoms with Gasteiger partial charge in [0.25, 0.3) is 5.69 Å². The molecule has 0 spiro atoms. The number of non-ortho nitro benzene ring substituents is 1. The number of hydrogen-bond acceptors (Lipinski definition) is 5. The van der Waals surface area contributed by atoms with Gasteiger partial charge in [-0.05, 0) is 18.2 Å². The standard InChI is InChI=1S/C11H7Cl2N3O3/c12-9-5-8(16(17)18)2-3-10(9)19-6-7-1-4-11(13)15-14-7/h1-5H,6H2. The fraction of sp³-hybridized carbons (Fsp3) is 0.0909. The van der Waals surface area contributed by atoms with Gasteiger partial charge in [-0.3, -0.25) is 10.1 Å². The van der Waals surface area contributed by atoms with Crippen LogP contribution >= 0.6 is 23.2 Å². The highest BCUT2D eigenvalue weighted by Crippen LogP contribution is 2.29. The maximum atomic E-state index is 10.6. The fourth-order valence-corrected chi connectivity index (χ4v) is 1.62. The Balaban J connectivity index is 2.07. The van der Waals surface area contributed by atoms with Crippen LogP contribution in [-0.4, -0.2) is 15.1 Å². The molecule has 0 N–H and O–H groups in total. The van der Waals surface area contributed by atoms with Gasteiger partial charge in [-0.25, -0.2) is 0 Å². The predicted molar refractivity (Wildman–Crippen MR) is 69.5 cm³/mol. The summed E-state index contributed by atoms with van der Waals surface area (Å²) in [6.45, 7) is 0.141. The topological polar surface area (TPSA) is 78.2 Å². The highest BCUT2D eigenvalue weighted by molar-refractivity contribution is 6.32. The van der Waals surface area contributed by atoms with Crippen LogP contribution in [0.25, 0.3) is 0 Å². The van der Waals surface area contributed by atoms with E-state index in [9.17, 15) is 10.1 Å². The van der Waals surface area contributed by atoms with Crippen molar-refractivity contribution in [1.82, 2.24) is 10.2 Å². The Kier molecular flexibility index (Phi) is 4.13. The van der Waals surface area contributed by atoms with Gasteiger partial charge >= 0.3 is 0 Å². The Morgan fingerprint density at radius 1 is 1.21 bits per heavy atom. The lowest BCUT2D eigenvalue weighted by Gasteiger charge is -2.06. The van der Waals surface area contributed by atoms with Crippen LogP contribution in [0.4, 0.5) is 5.69 Å². The molecular weight excluding hydrogens is 293 g/mol. The van der Waals surface area contributed by atoms with Gasteiger partial charge in [0.05, 0.1) is 9.95 Å². The molecule has 0 unspecified atom stereocenters. The summed E-state index contributed by atoms with van der Waals surface area (Å²) in [4.78, 5) is 10.0. The van der Waals surface area contributed by atoms with Crippen molar-refractivity contribution >= 4 is 28.9 Å². The second kappa shape index (κ2) is 5.81. The van der Waals surface area contributed by atoms with E-state index in [1.165, 1.54) is 18.2 Å². The number of aromatic nitrogens is 2. The third kappa shape index (κ3) is 3.52. The molecular formula is C11H7Cl2N3O3. The SMILES string of the molecule is O=[N+]([O-])c1ccc(OCc2ccc(Cl)nn2)c(Cl)c1. The third-order valence-corrected chi connectivity index (χ3v) is 2.69. The van der Waals surface area contributed by atoms with Crippen LogP contribution in [0.1, 0.15) is 5.69 Å². The lowest BCUT2D eigenvalue weighted by atomic mass is 10.3.